The van der Waals surface area contributed by atoms with Gasteiger partial charge in [-0.3, -0.25) is 0 Å². The molecule has 1 saturated carbocycles. The van der Waals surface area contributed by atoms with Gasteiger partial charge in [-0.05, 0) is 20.3 Å². The molecule has 1 rings (SSSR count). The molecular weight excluding hydrogens is 258 g/mol. The molecule has 3 unspecified atom stereocenters. The van der Waals surface area contributed by atoms with Crippen molar-refractivity contribution in [2.45, 2.75) is 52.4 Å². The van der Waals surface area contributed by atoms with Crippen molar-refractivity contribution in [1.29, 1.82) is 0 Å². The number of rotatable bonds is 11. The molecule has 0 aromatic rings. The standard InChI is InChI=1S/C15H31NO4/c1-5-18-7-8-19-11-12(17)10-16-13-9-14(20-6-2)15(13,3)4/h12-14,16-17H,5-11H2,1-4H3. The molecule has 0 spiro atoms. The zero-order valence-electron chi connectivity index (χ0n) is 13.4. The van der Waals surface area contributed by atoms with E-state index in [4.69, 9.17) is 14.2 Å². The molecule has 0 saturated heterocycles. The quantitative estimate of drug-likeness (QED) is 0.560. The highest BCUT2D eigenvalue weighted by molar-refractivity contribution is 5.02. The second-order valence-corrected chi connectivity index (χ2v) is 5.89. The fourth-order valence-electron chi connectivity index (χ4n) is 2.53. The van der Waals surface area contributed by atoms with Crippen molar-refractivity contribution in [2.75, 3.05) is 39.6 Å². The van der Waals surface area contributed by atoms with E-state index in [9.17, 15) is 5.11 Å². The first-order valence-electron chi connectivity index (χ1n) is 7.70. The number of ether oxygens (including phenoxy) is 3. The number of hydrogen-bond acceptors (Lipinski definition) is 5. The minimum atomic E-state index is -0.474. The Bertz CT molecular complexity index is 260. The van der Waals surface area contributed by atoms with Gasteiger partial charge in [0.2, 0.25) is 0 Å². The van der Waals surface area contributed by atoms with Gasteiger partial charge in [0.05, 0.1) is 32.0 Å². The van der Waals surface area contributed by atoms with E-state index in [1.165, 1.54) is 0 Å². The third kappa shape index (κ3) is 5.30. The SMILES string of the molecule is CCOCCOCC(O)CNC1CC(OCC)C1(C)C. The third-order valence-corrected chi connectivity index (χ3v) is 4.03. The molecule has 0 radical (unpaired) electrons. The van der Waals surface area contributed by atoms with E-state index in [1.54, 1.807) is 0 Å². The van der Waals surface area contributed by atoms with Crippen LogP contribution in [0.25, 0.3) is 0 Å². The molecule has 0 aromatic heterocycles. The highest BCUT2D eigenvalue weighted by Gasteiger charge is 2.48. The number of hydrogen-bond donors (Lipinski definition) is 2. The van der Waals surface area contributed by atoms with Crippen molar-refractivity contribution in [2.24, 2.45) is 5.41 Å². The monoisotopic (exact) mass is 289 g/mol. The molecule has 3 atom stereocenters. The minimum Gasteiger partial charge on any atom is -0.389 e. The second-order valence-electron chi connectivity index (χ2n) is 5.89. The molecule has 1 aliphatic rings. The summed E-state index contributed by atoms with van der Waals surface area (Å²) in [7, 11) is 0. The number of aliphatic hydroxyl groups is 1. The zero-order valence-corrected chi connectivity index (χ0v) is 13.4. The lowest BCUT2D eigenvalue weighted by Gasteiger charge is -2.52. The Hall–Kier alpha value is -0.200. The summed E-state index contributed by atoms with van der Waals surface area (Å²) in [6, 6.07) is 0.400. The van der Waals surface area contributed by atoms with E-state index >= 15 is 0 Å². The third-order valence-electron chi connectivity index (χ3n) is 4.03. The molecule has 120 valence electrons. The number of nitrogens with one attached hydrogen (secondary N) is 1. The maximum atomic E-state index is 9.85. The fourth-order valence-corrected chi connectivity index (χ4v) is 2.53. The van der Waals surface area contributed by atoms with Gasteiger partial charge < -0.3 is 24.6 Å². The van der Waals surface area contributed by atoms with E-state index in [-0.39, 0.29) is 5.41 Å². The van der Waals surface area contributed by atoms with Crippen LogP contribution in [0.15, 0.2) is 0 Å². The summed E-state index contributed by atoms with van der Waals surface area (Å²) in [6.07, 6.45) is 0.863. The predicted molar refractivity (Wildman–Crippen MR) is 78.9 cm³/mol. The Morgan fingerprint density at radius 2 is 1.90 bits per heavy atom. The molecule has 1 fully saturated rings. The van der Waals surface area contributed by atoms with Crippen LogP contribution in [-0.2, 0) is 14.2 Å². The molecule has 0 bridgehead atoms. The maximum Gasteiger partial charge on any atom is 0.0897 e. The summed E-state index contributed by atoms with van der Waals surface area (Å²) in [5.74, 6) is 0. The van der Waals surface area contributed by atoms with Crippen LogP contribution in [-0.4, -0.2) is 62.9 Å². The van der Waals surface area contributed by atoms with Gasteiger partial charge in [0, 0.05) is 31.2 Å². The maximum absolute atomic E-state index is 9.85. The second kappa shape index (κ2) is 8.95. The zero-order chi connectivity index (χ0) is 15.0. The van der Waals surface area contributed by atoms with Gasteiger partial charge in [-0.2, -0.15) is 0 Å². The van der Waals surface area contributed by atoms with Crippen molar-refractivity contribution in [3.63, 3.8) is 0 Å². The first-order chi connectivity index (χ1) is 9.52. The summed E-state index contributed by atoms with van der Waals surface area (Å²) in [4.78, 5) is 0. The van der Waals surface area contributed by atoms with Gasteiger partial charge in [0.25, 0.3) is 0 Å². The van der Waals surface area contributed by atoms with Gasteiger partial charge in [-0.25, -0.2) is 0 Å². The molecule has 0 heterocycles. The van der Waals surface area contributed by atoms with Crippen molar-refractivity contribution < 1.29 is 19.3 Å². The van der Waals surface area contributed by atoms with Crippen molar-refractivity contribution >= 4 is 0 Å². The van der Waals surface area contributed by atoms with Crippen LogP contribution in [0.1, 0.15) is 34.1 Å². The van der Waals surface area contributed by atoms with Crippen LogP contribution in [0, 0.1) is 5.41 Å². The van der Waals surface area contributed by atoms with Gasteiger partial charge >= 0.3 is 0 Å². The lowest BCUT2D eigenvalue weighted by molar-refractivity contribution is -0.116. The first-order valence-corrected chi connectivity index (χ1v) is 7.70. The van der Waals surface area contributed by atoms with E-state index in [2.05, 4.69) is 19.2 Å². The molecule has 0 aromatic carbocycles. The van der Waals surface area contributed by atoms with Crippen LogP contribution < -0.4 is 5.32 Å². The summed E-state index contributed by atoms with van der Waals surface area (Å²) in [6.45, 7) is 11.9. The molecule has 0 amide bonds. The fraction of sp³-hybridized carbons (Fsp3) is 1.00. The molecule has 1 aliphatic carbocycles. The average Bonchev–Trinajstić information content (AvgIpc) is 2.41. The Kier molecular flexibility index (Phi) is 7.99. The van der Waals surface area contributed by atoms with Crippen molar-refractivity contribution in [3.05, 3.63) is 0 Å². The average molecular weight is 289 g/mol. The predicted octanol–water partition coefficient (Wildman–Crippen LogP) is 1.19. The van der Waals surface area contributed by atoms with Crippen LogP contribution in [0.2, 0.25) is 0 Å². The molecule has 5 heteroatoms. The van der Waals surface area contributed by atoms with Crippen LogP contribution in [0.5, 0.6) is 0 Å². The Morgan fingerprint density at radius 3 is 2.50 bits per heavy atom. The Morgan fingerprint density at radius 1 is 1.20 bits per heavy atom. The molecular formula is C15H31NO4. The largest absolute Gasteiger partial charge is 0.389 e. The summed E-state index contributed by atoms with van der Waals surface area (Å²) in [5, 5.41) is 13.3. The lowest BCUT2D eigenvalue weighted by atomic mass is 9.64. The van der Waals surface area contributed by atoms with Crippen molar-refractivity contribution in [3.8, 4) is 0 Å². The highest BCUT2D eigenvalue weighted by atomic mass is 16.5. The Balaban J connectivity index is 2.08. The topological polar surface area (TPSA) is 60.0 Å². The minimum absolute atomic E-state index is 0.131. The first kappa shape index (κ1) is 17.9. The van der Waals surface area contributed by atoms with Crippen LogP contribution in [0.3, 0.4) is 0 Å². The lowest BCUT2D eigenvalue weighted by Crippen LogP contribution is -2.61. The van der Waals surface area contributed by atoms with Crippen LogP contribution >= 0.6 is 0 Å². The van der Waals surface area contributed by atoms with Gasteiger partial charge in [0.1, 0.15) is 0 Å². The molecule has 2 N–H and O–H groups in total. The van der Waals surface area contributed by atoms with Gasteiger partial charge in [-0.15, -0.1) is 0 Å². The van der Waals surface area contributed by atoms with Gasteiger partial charge in [0.15, 0.2) is 0 Å². The Labute approximate surface area is 123 Å². The van der Waals surface area contributed by atoms with Crippen molar-refractivity contribution in [1.82, 2.24) is 5.32 Å². The number of aliphatic hydroxyl groups excluding tert-OH is 1. The smallest absolute Gasteiger partial charge is 0.0897 e. The van der Waals surface area contributed by atoms with E-state index < -0.39 is 6.10 Å². The highest BCUT2D eigenvalue weighted by Crippen LogP contribution is 2.42. The summed E-state index contributed by atoms with van der Waals surface area (Å²) in [5.41, 5.74) is 0.131. The summed E-state index contributed by atoms with van der Waals surface area (Å²) < 4.78 is 16.2. The molecule has 20 heavy (non-hydrogen) atoms. The normalized spacial score (nSPS) is 26.2. The van der Waals surface area contributed by atoms with E-state index in [0.29, 0.717) is 45.1 Å². The molecule has 0 aliphatic heterocycles. The van der Waals surface area contributed by atoms with E-state index in [1.807, 2.05) is 13.8 Å². The summed E-state index contributed by atoms with van der Waals surface area (Å²) >= 11 is 0. The molecule has 5 nitrogen and oxygen atoms in total. The van der Waals surface area contributed by atoms with E-state index in [0.717, 1.165) is 13.0 Å². The van der Waals surface area contributed by atoms with Gasteiger partial charge in [-0.1, -0.05) is 13.8 Å². The van der Waals surface area contributed by atoms with Crippen LogP contribution in [0.4, 0.5) is 0 Å².